The Morgan fingerprint density at radius 1 is 1.55 bits per heavy atom. The van der Waals surface area contributed by atoms with Gasteiger partial charge in [-0.3, -0.25) is 0 Å². The molecule has 0 atom stereocenters. The second-order valence-corrected chi connectivity index (χ2v) is 5.33. The van der Waals surface area contributed by atoms with Crippen LogP contribution in [0.4, 0.5) is 0 Å². The van der Waals surface area contributed by atoms with Crippen LogP contribution in [0.15, 0.2) is 23.4 Å². The van der Waals surface area contributed by atoms with Gasteiger partial charge in [0.1, 0.15) is 0 Å². The van der Waals surface area contributed by atoms with Gasteiger partial charge in [-0.05, 0) is 31.4 Å². The van der Waals surface area contributed by atoms with Gasteiger partial charge in [-0.25, -0.2) is 0 Å². The van der Waals surface area contributed by atoms with E-state index < -0.39 is 0 Å². The number of ether oxygens (including phenoxy) is 1. The molecule has 2 rings (SSSR count). The number of benzene rings is 1. The highest BCUT2D eigenvalue weighted by Gasteiger charge is 2.28. The van der Waals surface area contributed by atoms with Crippen molar-refractivity contribution in [1.82, 2.24) is 5.32 Å². The van der Waals surface area contributed by atoms with E-state index in [9.17, 15) is 0 Å². The van der Waals surface area contributed by atoms with Crippen molar-refractivity contribution < 1.29 is 9.94 Å². The topological polar surface area (TPSA) is 79.9 Å². The van der Waals surface area contributed by atoms with Gasteiger partial charge in [0.2, 0.25) is 0 Å². The van der Waals surface area contributed by atoms with E-state index in [-0.39, 0.29) is 5.84 Å². The fraction of sp³-hybridized carbons (Fsp3) is 0.500. The molecule has 0 spiro atoms. The van der Waals surface area contributed by atoms with Gasteiger partial charge in [-0.15, -0.1) is 0 Å². The summed E-state index contributed by atoms with van der Waals surface area (Å²) in [5.41, 5.74) is 7.13. The Hall–Kier alpha value is -1.30. The molecule has 0 radical (unpaired) electrons. The number of hydrogen-bond donors (Lipinski definition) is 3. The molecule has 1 aromatic rings. The summed E-state index contributed by atoms with van der Waals surface area (Å²) in [5.74, 6) is 0.0601. The summed E-state index contributed by atoms with van der Waals surface area (Å²) >= 11 is 6.20. The van der Waals surface area contributed by atoms with Gasteiger partial charge >= 0.3 is 0 Å². The van der Waals surface area contributed by atoms with Gasteiger partial charge in [-0.1, -0.05) is 28.9 Å². The van der Waals surface area contributed by atoms with Gasteiger partial charge in [-0.2, -0.15) is 0 Å². The highest BCUT2D eigenvalue weighted by Crippen LogP contribution is 2.24. The molecule has 20 heavy (non-hydrogen) atoms. The largest absolute Gasteiger partial charge is 0.409 e. The summed E-state index contributed by atoms with van der Waals surface area (Å²) in [6.07, 6.45) is 2.50. The van der Waals surface area contributed by atoms with Crippen molar-refractivity contribution in [3.63, 3.8) is 0 Å². The van der Waals surface area contributed by atoms with Crippen LogP contribution < -0.4 is 11.1 Å². The van der Waals surface area contributed by atoms with E-state index in [0.717, 1.165) is 25.0 Å². The lowest BCUT2D eigenvalue weighted by Crippen LogP contribution is -2.45. The van der Waals surface area contributed by atoms with Crippen molar-refractivity contribution in [2.45, 2.75) is 38.5 Å². The maximum Gasteiger partial charge on any atom is 0.170 e. The van der Waals surface area contributed by atoms with E-state index >= 15 is 0 Å². The van der Waals surface area contributed by atoms with Crippen LogP contribution in [0.5, 0.6) is 0 Å². The van der Waals surface area contributed by atoms with Gasteiger partial charge in [0.25, 0.3) is 0 Å². The predicted molar refractivity (Wildman–Crippen MR) is 79.2 cm³/mol. The van der Waals surface area contributed by atoms with E-state index in [1.807, 2.05) is 13.0 Å². The number of oxime groups is 1. The van der Waals surface area contributed by atoms with E-state index in [1.165, 1.54) is 0 Å². The fourth-order valence-electron chi connectivity index (χ4n) is 2.27. The van der Waals surface area contributed by atoms with Gasteiger partial charge in [0.05, 0.1) is 6.10 Å². The molecule has 0 heterocycles. The van der Waals surface area contributed by atoms with Gasteiger partial charge in [0, 0.05) is 29.8 Å². The molecular formula is C14H20ClN3O2. The van der Waals surface area contributed by atoms with E-state index in [1.54, 1.807) is 12.1 Å². The second-order valence-electron chi connectivity index (χ2n) is 4.92. The van der Waals surface area contributed by atoms with Crippen molar-refractivity contribution in [3.8, 4) is 0 Å². The number of nitrogens with one attached hydrogen (secondary N) is 1. The highest BCUT2D eigenvalue weighted by molar-refractivity contribution is 6.31. The van der Waals surface area contributed by atoms with E-state index in [4.69, 9.17) is 27.3 Å². The lowest BCUT2D eigenvalue weighted by molar-refractivity contribution is -0.0102. The summed E-state index contributed by atoms with van der Waals surface area (Å²) in [4.78, 5) is 0. The number of amidine groups is 1. The maximum absolute atomic E-state index is 8.63. The van der Waals surface area contributed by atoms with Crippen molar-refractivity contribution in [2.24, 2.45) is 10.9 Å². The van der Waals surface area contributed by atoms with E-state index in [2.05, 4.69) is 10.5 Å². The summed E-state index contributed by atoms with van der Waals surface area (Å²) in [6, 6.07) is 5.88. The number of halogens is 1. The number of hydrogen-bond acceptors (Lipinski definition) is 4. The Bertz CT molecular complexity index is 487. The quantitative estimate of drug-likeness (QED) is 0.325. The number of nitrogens with two attached hydrogens (primary N) is 1. The molecule has 1 aromatic carbocycles. The van der Waals surface area contributed by atoms with Crippen molar-refractivity contribution in [2.75, 3.05) is 6.61 Å². The Labute approximate surface area is 123 Å². The fourth-order valence-corrected chi connectivity index (χ4v) is 2.51. The molecular weight excluding hydrogens is 278 g/mol. The van der Waals surface area contributed by atoms with Crippen molar-refractivity contribution >= 4 is 17.4 Å². The van der Waals surface area contributed by atoms with Crippen LogP contribution in [-0.4, -0.2) is 29.8 Å². The molecule has 1 saturated carbocycles. The van der Waals surface area contributed by atoms with Crippen LogP contribution in [0.1, 0.15) is 30.9 Å². The smallest absolute Gasteiger partial charge is 0.170 e. The SMILES string of the molecule is CCOC1CC(NCc2ccc(/C(N)=N/O)cc2Cl)C1. The summed E-state index contributed by atoms with van der Waals surface area (Å²) < 4.78 is 5.52. The zero-order valence-corrected chi connectivity index (χ0v) is 12.2. The normalized spacial score (nSPS) is 22.6. The van der Waals surface area contributed by atoms with Crippen molar-refractivity contribution in [3.05, 3.63) is 34.3 Å². The molecule has 0 bridgehead atoms. The van der Waals surface area contributed by atoms with Crippen LogP contribution in [0.25, 0.3) is 0 Å². The monoisotopic (exact) mass is 297 g/mol. The molecule has 0 amide bonds. The lowest BCUT2D eigenvalue weighted by Gasteiger charge is -2.35. The Balaban J connectivity index is 1.85. The zero-order valence-electron chi connectivity index (χ0n) is 11.5. The standard InChI is InChI=1S/C14H20ClN3O2/c1-2-20-12-6-11(7-12)17-8-10-4-3-9(5-13(10)15)14(16)18-19/h3-5,11-12,17,19H,2,6-8H2,1H3,(H2,16,18). The average molecular weight is 298 g/mol. The Morgan fingerprint density at radius 2 is 2.30 bits per heavy atom. The molecule has 0 unspecified atom stereocenters. The maximum atomic E-state index is 8.63. The Morgan fingerprint density at radius 3 is 2.90 bits per heavy atom. The summed E-state index contributed by atoms with van der Waals surface area (Å²) in [5, 5.41) is 15.7. The van der Waals surface area contributed by atoms with Gasteiger partial charge < -0.3 is 21.0 Å². The lowest BCUT2D eigenvalue weighted by atomic mass is 9.89. The molecule has 110 valence electrons. The first kappa shape index (κ1) is 15.1. The molecule has 1 aliphatic carbocycles. The molecule has 5 nitrogen and oxygen atoms in total. The molecule has 1 aliphatic rings. The Kier molecular flexibility index (Phi) is 5.23. The third kappa shape index (κ3) is 3.62. The van der Waals surface area contributed by atoms with Crippen LogP contribution in [0.3, 0.4) is 0 Å². The molecule has 0 aromatic heterocycles. The third-order valence-corrected chi connectivity index (χ3v) is 3.89. The molecule has 0 aliphatic heterocycles. The van der Waals surface area contributed by atoms with Crippen LogP contribution >= 0.6 is 11.6 Å². The third-order valence-electron chi connectivity index (χ3n) is 3.53. The highest BCUT2D eigenvalue weighted by atomic mass is 35.5. The summed E-state index contributed by atoms with van der Waals surface area (Å²) in [7, 11) is 0. The van der Waals surface area contributed by atoms with Crippen LogP contribution in [-0.2, 0) is 11.3 Å². The minimum absolute atomic E-state index is 0.0601. The second kappa shape index (κ2) is 6.92. The predicted octanol–water partition coefficient (Wildman–Crippen LogP) is 2.09. The molecule has 6 heteroatoms. The first-order valence-electron chi connectivity index (χ1n) is 6.75. The minimum Gasteiger partial charge on any atom is -0.409 e. The average Bonchev–Trinajstić information content (AvgIpc) is 2.41. The minimum atomic E-state index is 0.0601. The first-order chi connectivity index (χ1) is 9.63. The van der Waals surface area contributed by atoms with Crippen LogP contribution in [0.2, 0.25) is 5.02 Å². The van der Waals surface area contributed by atoms with E-state index in [0.29, 0.717) is 29.3 Å². The molecule has 1 fully saturated rings. The van der Waals surface area contributed by atoms with Crippen LogP contribution in [0, 0.1) is 0 Å². The number of nitrogens with zero attached hydrogens (tertiary/aromatic N) is 1. The van der Waals surface area contributed by atoms with Crippen molar-refractivity contribution in [1.29, 1.82) is 0 Å². The number of rotatable bonds is 6. The molecule has 4 N–H and O–H groups in total. The summed E-state index contributed by atoms with van der Waals surface area (Å²) in [6.45, 7) is 3.50. The first-order valence-corrected chi connectivity index (χ1v) is 7.13. The van der Waals surface area contributed by atoms with Gasteiger partial charge in [0.15, 0.2) is 5.84 Å². The molecule has 0 saturated heterocycles. The zero-order chi connectivity index (χ0) is 14.5.